The standard InChI is InChI=1S/C9H19ClO5S/c1-4-13-8(2)15-9(7-10)5-6-14-16(3,11)12/h8-9H,4-7H2,1-3H3/t8-,9-/m0/s1. The van der Waals surface area contributed by atoms with E-state index in [1.807, 2.05) is 6.92 Å². The zero-order valence-electron chi connectivity index (χ0n) is 9.81. The minimum absolute atomic E-state index is 0.0645. The zero-order valence-corrected chi connectivity index (χ0v) is 11.4. The van der Waals surface area contributed by atoms with Crippen LogP contribution in [-0.4, -0.2) is 46.2 Å². The lowest BCUT2D eigenvalue weighted by atomic mass is 10.3. The molecule has 2 atom stereocenters. The van der Waals surface area contributed by atoms with Crippen LogP contribution in [0.3, 0.4) is 0 Å². The van der Waals surface area contributed by atoms with Gasteiger partial charge in [-0.1, -0.05) is 0 Å². The molecule has 0 bridgehead atoms. The SMILES string of the molecule is CCO[C@H](C)O[C@H](CCl)CCOS(C)(=O)=O. The van der Waals surface area contributed by atoms with E-state index in [1.165, 1.54) is 0 Å². The van der Waals surface area contributed by atoms with Gasteiger partial charge in [-0.25, -0.2) is 0 Å². The third kappa shape index (κ3) is 9.35. The molecule has 0 aromatic carbocycles. The quantitative estimate of drug-likeness (QED) is 0.361. The van der Waals surface area contributed by atoms with Gasteiger partial charge in [0.15, 0.2) is 6.29 Å². The second-order valence-electron chi connectivity index (χ2n) is 3.25. The molecule has 0 N–H and O–H groups in total. The average molecular weight is 275 g/mol. The van der Waals surface area contributed by atoms with Gasteiger partial charge in [0, 0.05) is 12.5 Å². The number of rotatable bonds is 9. The van der Waals surface area contributed by atoms with Crippen LogP contribution in [0.1, 0.15) is 20.3 Å². The molecule has 0 fully saturated rings. The number of hydrogen-bond acceptors (Lipinski definition) is 5. The molecule has 16 heavy (non-hydrogen) atoms. The third-order valence-corrected chi connectivity index (χ3v) is 2.63. The Bertz CT molecular complexity index is 267. The predicted molar refractivity (Wildman–Crippen MR) is 62.1 cm³/mol. The number of alkyl halides is 1. The fourth-order valence-corrected chi connectivity index (χ4v) is 1.68. The summed E-state index contributed by atoms with van der Waals surface area (Å²) in [5, 5.41) is 0. The Morgan fingerprint density at radius 1 is 1.38 bits per heavy atom. The fourth-order valence-electron chi connectivity index (χ4n) is 1.06. The van der Waals surface area contributed by atoms with Gasteiger partial charge in [0.2, 0.25) is 0 Å². The van der Waals surface area contributed by atoms with Crippen LogP contribution in [0.25, 0.3) is 0 Å². The van der Waals surface area contributed by atoms with Crippen molar-refractivity contribution in [3.63, 3.8) is 0 Å². The summed E-state index contributed by atoms with van der Waals surface area (Å²) in [4.78, 5) is 0. The number of hydrogen-bond donors (Lipinski definition) is 0. The van der Waals surface area contributed by atoms with E-state index >= 15 is 0 Å². The van der Waals surface area contributed by atoms with Crippen LogP contribution in [0.2, 0.25) is 0 Å². The molecule has 0 aliphatic rings. The van der Waals surface area contributed by atoms with Crippen molar-refractivity contribution in [3.8, 4) is 0 Å². The van der Waals surface area contributed by atoms with Crippen LogP contribution in [0.4, 0.5) is 0 Å². The molecule has 7 heteroatoms. The first-order valence-corrected chi connectivity index (χ1v) is 7.41. The van der Waals surface area contributed by atoms with Gasteiger partial charge in [-0.05, 0) is 20.3 Å². The highest BCUT2D eigenvalue weighted by Crippen LogP contribution is 2.07. The van der Waals surface area contributed by atoms with Crippen LogP contribution in [-0.2, 0) is 23.8 Å². The predicted octanol–water partition coefficient (Wildman–Crippen LogP) is 1.36. The van der Waals surface area contributed by atoms with Crippen molar-refractivity contribution in [1.82, 2.24) is 0 Å². The largest absolute Gasteiger partial charge is 0.353 e. The molecule has 0 rings (SSSR count). The molecule has 0 spiro atoms. The highest BCUT2D eigenvalue weighted by Gasteiger charge is 2.13. The van der Waals surface area contributed by atoms with Gasteiger partial charge >= 0.3 is 0 Å². The molecular weight excluding hydrogens is 256 g/mol. The van der Waals surface area contributed by atoms with Crippen molar-refractivity contribution in [1.29, 1.82) is 0 Å². The summed E-state index contributed by atoms with van der Waals surface area (Å²) in [6.45, 7) is 4.24. The monoisotopic (exact) mass is 274 g/mol. The first-order valence-electron chi connectivity index (χ1n) is 5.06. The van der Waals surface area contributed by atoms with Crippen LogP contribution >= 0.6 is 11.6 Å². The topological polar surface area (TPSA) is 61.8 Å². The zero-order chi connectivity index (χ0) is 12.6. The third-order valence-electron chi connectivity index (χ3n) is 1.69. The molecular formula is C9H19ClO5S. The van der Waals surface area contributed by atoms with Gasteiger partial charge in [0.05, 0.1) is 19.0 Å². The van der Waals surface area contributed by atoms with Crippen molar-refractivity contribution in [3.05, 3.63) is 0 Å². The highest BCUT2D eigenvalue weighted by atomic mass is 35.5. The van der Waals surface area contributed by atoms with Gasteiger partial charge < -0.3 is 9.47 Å². The maximum atomic E-state index is 10.7. The Morgan fingerprint density at radius 3 is 2.44 bits per heavy atom. The molecule has 5 nitrogen and oxygen atoms in total. The smallest absolute Gasteiger partial charge is 0.264 e. The van der Waals surface area contributed by atoms with E-state index in [2.05, 4.69) is 4.18 Å². The van der Waals surface area contributed by atoms with Crippen molar-refractivity contribution in [2.45, 2.75) is 32.7 Å². The van der Waals surface area contributed by atoms with Gasteiger partial charge in [-0.15, -0.1) is 11.6 Å². The van der Waals surface area contributed by atoms with Crippen LogP contribution < -0.4 is 0 Å². The summed E-state index contributed by atoms with van der Waals surface area (Å²) in [5.41, 5.74) is 0. The van der Waals surface area contributed by atoms with Crippen LogP contribution in [0, 0.1) is 0 Å². The molecule has 0 radical (unpaired) electrons. The molecule has 0 aromatic rings. The van der Waals surface area contributed by atoms with E-state index in [0.29, 0.717) is 13.0 Å². The summed E-state index contributed by atoms with van der Waals surface area (Å²) in [5.74, 6) is 0.268. The van der Waals surface area contributed by atoms with E-state index in [9.17, 15) is 8.42 Å². The Balaban J connectivity index is 3.83. The maximum Gasteiger partial charge on any atom is 0.264 e. The van der Waals surface area contributed by atoms with E-state index < -0.39 is 10.1 Å². The van der Waals surface area contributed by atoms with Gasteiger partial charge in [0.1, 0.15) is 0 Å². The molecule has 0 unspecified atom stereocenters. The molecule has 0 saturated carbocycles. The summed E-state index contributed by atoms with van der Waals surface area (Å²) in [6, 6.07) is 0. The first-order chi connectivity index (χ1) is 7.39. The molecule has 0 saturated heterocycles. The lowest BCUT2D eigenvalue weighted by Gasteiger charge is -2.20. The Hall–Kier alpha value is 0.120. The van der Waals surface area contributed by atoms with E-state index in [0.717, 1.165) is 6.26 Å². The second-order valence-corrected chi connectivity index (χ2v) is 5.20. The van der Waals surface area contributed by atoms with Crippen molar-refractivity contribution < 1.29 is 22.1 Å². The Labute approximate surface area is 102 Å². The van der Waals surface area contributed by atoms with Crippen molar-refractivity contribution in [2.24, 2.45) is 0 Å². The summed E-state index contributed by atoms with van der Waals surface area (Å²) >= 11 is 5.68. The fraction of sp³-hybridized carbons (Fsp3) is 1.00. The highest BCUT2D eigenvalue weighted by molar-refractivity contribution is 7.85. The number of halogens is 1. The van der Waals surface area contributed by atoms with E-state index in [-0.39, 0.29) is 24.9 Å². The lowest BCUT2D eigenvalue weighted by Crippen LogP contribution is -2.25. The first kappa shape index (κ1) is 16.1. The van der Waals surface area contributed by atoms with E-state index in [4.69, 9.17) is 21.1 Å². The summed E-state index contributed by atoms with van der Waals surface area (Å²) < 4.78 is 36.6. The Kier molecular flexibility index (Phi) is 8.31. The van der Waals surface area contributed by atoms with Gasteiger partial charge in [-0.2, -0.15) is 8.42 Å². The van der Waals surface area contributed by atoms with Crippen molar-refractivity contribution in [2.75, 3.05) is 25.3 Å². The molecule has 0 aromatic heterocycles. The maximum absolute atomic E-state index is 10.7. The molecule has 0 heterocycles. The van der Waals surface area contributed by atoms with Crippen LogP contribution in [0.15, 0.2) is 0 Å². The molecule has 0 aliphatic carbocycles. The minimum Gasteiger partial charge on any atom is -0.353 e. The lowest BCUT2D eigenvalue weighted by molar-refractivity contribution is -0.154. The summed E-state index contributed by atoms with van der Waals surface area (Å²) in [6.07, 6.45) is 0.789. The molecule has 0 amide bonds. The van der Waals surface area contributed by atoms with Gasteiger partial charge in [-0.3, -0.25) is 4.18 Å². The normalized spacial score (nSPS) is 16.0. The van der Waals surface area contributed by atoms with Crippen LogP contribution in [0.5, 0.6) is 0 Å². The van der Waals surface area contributed by atoms with Gasteiger partial charge in [0.25, 0.3) is 10.1 Å². The Morgan fingerprint density at radius 2 is 2.00 bits per heavy atom. The van der Waals surface area contributed by atoms with E-state index in [1.54, 1.807) is 6.92 Å². The number of ether oxygens (including phenoxy) is 2. The molecule has 0 aliphatic heterocycles. The summed E-state index contributed by atoms with van der Waals surface area (Å²) in [7, 11) is -3.40. The average Bonchev–Trinajstić information content (AvgIpc) is 2.14. The minimum atomic E-state index is -3.40. The van der Waals surface area contributed by atoms with Crippen molar-refractivity contribution >= 4 is 21.7 Å². The second kappa shape index (κ2) is 8.25. The molecule has 98 valence electrons.